The zero-order chi connectivity index (χ0) is 46.5. The minimum atomic E-state index is -1.46. The first kappa shape index (κ1) is 48.5. The van der Waals surface area contributed by atoms with Crippen molar-refractivity contribution in [3.8, 4) is 0 Å². The average Bonchev–Trinajstić information content (AvgIpc) is 3.70. The van der Waals surface area contributed by atoms with Crippen molar-refractivity contribution in [1.82, 2.24) is 31.5 Å². The number of nitrogens with two attached hydrogens (primary N) is 1. The van der Waals surface area contributed by atoms with Gasteiger partial charge in [0, 0.05) is 12.2 Å². The molecule has 9 N–H and O–H groups in total. The lowest BCUT2D eigenvalue weighted by atomic mass is 9.83. The lowest BCUT2D eigenvalue weighted by Gasteiger charge is -2.35. The van der Waals surface area contributed by atoms with Crippen LogP contribution < -0.4 is 37.6 Å². The van der Waals surface area contributed by atoms with Crippen molar-refractivity contribution in [3.05, 3.63) is 99.5 Å². The Morgan fingerprint density at radius 3 is 2.06 bits per heavy atom. The second kappa shape index (κ2) is 22.7. The summed E-state index contributed by atoms with van der Waals surface area (Å²) in [5.74, 6) is -8.32. The standard InChI is InChI=1S/C44H50Cl2N8O10/c1-2-12-32(37(56)41(60)48-22-34(55)52-35(38(47)57)24-13-6-3-7-14-24)51-40(59)33-19-27(50-44(64)49-26-17-10-5-11-18-26)23-54(33)42(61)36(25-15-8-4-9-16-25)53-39(58)28-20-30(45)31(46)21-29(28)43(62)63/h3,5-7,10-11,13-14,17-18,20-21,25,27,32-33,35-36H,2,4,8-9,12,15-16,19,22-23H2,1H3,(H2,47,57)(H,48,60)(H,51,59)(H,52,55)(H,53,58)(H,62,63)(H2,49,50,64). The number of urea groups is 1. The van der Waals surface area contributed by atoms with Gasteiger partial charge >= 0.3 is 12.0 Å². The Hall–Kier alpha value is -6.53. The molecule has 5 rings (SSSR count). The number of likely N-dealkylation sites (tertiary alicyclic amines) is 1. The van der Waals surface area contributed by atoms with Gasteiger partial charge in [-0.25, -0.2) is 9.59 Å². The van der Waals surface area contributed by atoms with Crippen molar-refractivity contribution in [3.63, 3.8) is 0 Å². The van der Waals surface area contributed by atoms with Crippen LogP contribution in [0.1, 0.15) is 90.6 Å². The number of nitrogens with zero attached hydrogens (tertiary/aromatic N) is 1. The third-order valence-electron chi connectivity index (χ3n) is 11.0. The van der Waals surface area contributed by atoms with Gasteiger partial charge < -0.3 is 47.6 Å². The van der Waals surface area contributed by atoms with Crippen LogP contribution in [0.2, 0.25) is 10.0 Å². The predicted octanol–water partition coefficient (Wildman–Crippen LogP) is 3.47. The number of carbonyl (C=O) groups is 9. The number of hydrogen-bond acceptors (Lipinski definition) is 9. The Labute approximate surface area is 378 Å². The van der Waals surface area contributed by atoms with E-state index in [1.54, 1.807) is 67.6 Å². The Morgan fingerprint density at radius 1 is 0.828 bits per heavy atom. The highest BCUT2D eigenvalue weighted by Gasteiger charge is 2.45. The largest absolute Gasteiger partial charge is 0.478 e. The molecule has 0 radical (unpaired) electrons. The molecule has 64 heavy (non-hydrogen) atoms. The second-order valence-electron chi connectivity index (χ2n) is 15.6. The molecule has 1 aliphatic carbocycles. The number of carboxylic acid groups (broad SMARTS) is 1. The summed E-state index contributed by atoms with van der Waals surface area (Å²) in [5, 5.41) is 25.1. The van der Waals surface area contributed by atoms with Crippen molar-refractivity contribution in [2.75, 3.05) is 18.4 Å². The summed E-state index contributed by atoms with van der Waals surface area (Å²) in [6.07, 6.45) is 3.55. The van der Waals surface area contributed by atoms with Crippen molar-refractivity contribution < 1.29 is 48.3 Å². The van der Waals surface area contributed by atoms with Gasteiger partial charge in [-0.3, -0.25) is 33.6 Å². The lowest BCUT2D eigenvalue weighted by molar-refractivity contribution is -0.143. The Balaban J connectivity index is 1.37. The number of para-hydroxylation sites is 1. The summed E-state index contributed by atoms with van der Waals surface area (Å²) in [4.78, 5) is 121. The molecule has 0 spiro atoms. The molecule has 3 aromatic rings. The number of hydrogen-bond donors (Lipinski definition) is 8. The first-order chi connectivity index (χ1) is 30.6. The van der Waals surface area contributed by atoms with E-state index in [0.29, 0.717) is 30.5 Å². The summed E-state index contributed by atoms with van der Waals surface area (Å²) in [7, 11) is 0. The molecule has 8 amide bonds. The van der Waals surface area contributed by atoms with Gasteiger partial charge in [-0.1, -0.05) is 104 Å². The van der Waals surface area contributed by atoms with Crippen LogP contribution in [0.25, 0.3) is 0 Å². The molecule has 1 saturated heterocycles. The van der Waals surface area contributed by atoms with Crippen molar-refractivity contribution in [2.24, 2.45) is 11.7 Å². The minimum Gasteiger partial charge on any atom is -0.478 e. The van der Waals surface area contributed by atoms with Gasteiger partial charge in [0.2, 0.25) is 29.4 Å². The van der Waals surface area contributed by atoms with Crippen LogP contribution in [0.3, 0.4) is 0 Å². The minimum absolute atomic E-state index is 0.0138. The topological polar surface area (TPSA) is 275 Å². The smallest absolute Gasteiger partial charge is 0.336 e. The van der Waals surface area contributed by atoms with E-state index in [-0.39, 0.29) is 35.0 Å². The van der Waals surface area contributed by atoms with E-state index in [0.717, 1.165) is 31.4 Å². The molecule has 20 heteroatoms. The van der Waals surface area contributed by atoms with E-state index in [4.69, 9.17) is 28.9 Å². The predicted molar refractivity (Wildman–Crippen MR) is 235 cm³/mol. The molecular weight excluding hydrogens is 871 g/mol. The highest BCUT2D eigenvalue weighted by Crippen LogP contribution is 2.31. The maximum absolute atomic E-state index is 14.8. The molecule has 340 valence electrons. The van der Waals surface area contributed by atoms with E-state index in [1.807, 2.05) is 0 Å². The number of rotatable bonds is 18. The maximum Gasteiger partial charge on any atom is 0.336 e. The number of aromatic carboxylic acids is 1. The number of benzene rings is 3. The molecule has 5 unspecified atom stereocenters. The quantitative estimate of drug-likeness (QED) is 0.0861. The number of nitrogens with one attached hydrogen (secondary N) is 6. The van der Waals surface area contributed by atoms with Gasteiger partial charge in [-0.2, -0.15) is 0 Å². The number of carbonyl (C=O) groups excluding carboxylic acids is 8. The van der Waals surface area contributed by atoms with Gasteiger partial charge in [-0.15, -0.1) is 0 Å². The Morgan fingerprint density at radius 2 is 1.45 bits per heavy atom. The zero-order valence-corrected chi connectivity index (χ0v) is 36.4. The molecule has 3 aromatic carbocycles. The molecule has 0 aromatic heterocycles. The maximum atomic E-state index is 14.8. The van der Waals surface area contributed by atoms with E-state index in [9.17, 15) is 48.3 Å². The Bertz CT molecular complexity index is 2240. The van der Waals surface area contributed by atoms with Crippen molar-refractivity contribution in [1.29, 1.82) is 0 Å². The average molecular weight is 922 g/mol. The van der Waals surface area contributed by atoms with E-state index in [2.05, 4.69) is 31.9 Å². The van der Waals surface area contributed by atoms with E-state index >= 15 is 0 Å². The fourth-order valence-corrected chi connectivity index (χ4v) is 8.20. The summed E-state index contributed by atoms with van der Waals surface area (Å²) in [6.45, 7) is 0.799. The third kappa shape index (κ3) is 12.8. The van der Waals surface area contributed by atoms with Gasteiger partial charge in [-0.05, 0) is 61.4 Å². The molecule has 1 saturated carbocycles. The van der Waals surface area contributed by atoms with Crippen LogP contribution in [0.5, 0.6) is 0 Å². The van der Waals surface area contributed by atoms with Crippen molar-refractivity contribution >= 4 is 82.1 Å². The van der Waals surface area contributed by atoms with Gasteiger partial charge in [0.1, 0.15) is 18.1 Å². The monoisotopic (exact) mass is 920 g/mol. The summed E-state index contributed by atoms with van der Waals surface area (Å²) >= 11 is 12.3. The first-order valence-corrected chi connectivity index (χ1v) is 21.6. The van der Waals surface area contributed by atoms with Crippen LogP contribution in [0, 0.1) is 5.92 Å². The fourth-order valence-electron chi connectivity index (χ4n) is 7.87. The van der Waals surface area contributed by atoms with E-state index < -0.39 is 101 Å². The number of amides is 8. The first-order valence-electron chi connectivity index (χ1n) is 20.8. The number of ketones is 1. The normalized spacial score (nSPS) is 17.5. The number of Topliss-reactive ketones (excluding diaryl/α,β-unsaturated/α-hetero) is 1. The SMILES string of the molecule is CCCC(NC(=O)C1CC(NC(=O)Nc2ccccc2)CN1C(=O)C(NC(=O)c1cc(Cl)c(Cl)cc1C(=O)O)C1CCCCC1)C(=O)C(=O)NCC(=O)NC(C(N)=O)c1ccccc1. The van der Waals surface area contributed by atoms with Crippen LogP contribution in [0.4, 0.5) is 10.5 Å². The van der Waals surface area contributed by atoms with Crippen molar-refractivity contribution in [2.45, 2.75) is 88.5 Å². The van der Waals surface area contributed by atoms with Gasteiger partial charge in [0.05, 0.1) is 39.8 Å². The van der Waals surface area contributed by atoms with Crippen LogP contribution in [0.15, 0.2) is 72.8 Å². The highest BCUT2D eigenvalue weighted by molar-refractivity contribution is 6.42. The van der Waals surface area contributed by atoms with Gasteiger partial charge in [0.15, 0.2) is 0 Å². The summed E-state index contributed by atoms with van der Waals surface area (Å²) in [6, 6.07) is 12.1. The van der Waals surface area contributed by atoms with Crippen LogP contribution in [-0.2, 0) is 28.8 Å². The Kier molecular flexibility index (Phi) is 17.2. The molecule has 1 heterocycles. The number of anilines is 1. The molecular formula is C44H50Cl2N8O10. The summed E-state index contributed by atoms with van der Waals surface area (Å²) in [5.41, 5.74) is 5.56. The number of primary amides is 1. The third-order valence-corrected chi connectivity index (χ3v) is 11.8. The lowest BCUT2D eigenvalue weighted by Crippen LogP contribution is -2.58. The van der Waals surface area contributed by atoms with Gasteiger partial charge in [0.25, 0.3) is 11.8 Å². The van der Waals surface area contributed by atoms with Crippen LogP contribution in [-0.4, -0.2) is 100 Å². The molecule has 18 nitrogen and oxygen atoms in total. The van der Waals surface area contributed by atoms with E-state index in [1.165, 1.54) is 4.90 Å². The molecule has 0 bridgehead atoms. The molecule has 2 fully saturated rings. The molecule has 5 atom stereocenters. The molecule has 1 aliphatic heterocycles. The molecule has 2 aliphatic rings. The number of halogens is 2. The second-order valence-corrected chi connectivity index (χ2v) is 16.4. The fraction of sp³-hybridized carbons (Fsp3) is 0.386. The summed E-state index contributed by atoms with van der Waals surface area (Å²) < 4.78 is 0. The highest BCUT2D eigenvalue weighted by atomic mass is 35.5. The zero-order valence-electron chi connectivity index (χ0n) is 34.9. The van der Waals surface area contributed by atoms with Crippen LogP contribution >= 0.6 is 23.2 Å². The number of carboxylic acids is 1.